The number of carbonyl (C=O) groups is 1. The first-order chi connectivity index (χ1) is 14.2. The van der Waals surface area contributed by atoms with Gasteiger partial charge in [-0.15, -0.1) is 0 Å². The number of methoxy groups -OCH3 is 2. The van der Waals surface area contributed by atoms with Crippen LogP contribution in [0.2, 0.25) is 0 Å². The van der Waals surface area contributed by atoms with Crippen LogP contribution in [-0.2, 0) is 11.3 Å². The van der Waals surface area contributed by atoms with Gasteiger partial charge in [0.15, 0.2) is 11.5 Å². The molecule has 0 unspecified atom stereocenters. The minimum absolute atomic E-state index is 0.125. The van der Waals surface area contributed by atoms with Gasteiger partial charge in [0, 0.05) is 38.3 Å². The van der Waals surface area contributed by atoms with Crippen molar-refractivity contribution in [1.82, 2.24) is 15.2 Å². The van der Waals surface area contributed by atoms with Gasteiger partial charge in [0.2, 0.25) is 0 Å². The quantitative estimate of drug-likeness (QED) is 0.546. The molecule has 1 N–H and O–H groups in total. The Labute approximate surface area is 171 Å². The molecule has 0 saturated carbocycles. The maximum absolute atomic E-state index is 12.2. The number of hydrogen-bond donors (Lipinski definition) is 1. The van der Waals surface area contributed by atoms with Crippen molar-refractivity contribution in [2.24, 2.45) is 5.10 Å². The average molecular weight is 396 g/mol. The molecule has 0 atom stereocenters. The zero-order valence-corrected chi connectivity index (χ0v) is 17.0. The van der Waals surface area contributed by atoms with Gasteiger partial charge in [-0.3, -0.25) is 14.6 Å². The molecule has 154 valence electrons. The number of nitrogens with one attached hydrogen (secondary N) is 1. The maximum atomic E-state index is 12.2. The van der Waals surface area contributed by atoms with Crippen LogP contribution in [0.1, 0.15) is 11.1 Å². The summed E-state index contributed by atoms with van der Waals surface area (Å²) in [5, 5.41) is 4.06. The number of rotatable bonds is 8. The molecule has 29 heavy (non-hydrogen) atoms. The summed E-state index contributed by atoms with van der Waals surface area (Å²) in [5.74, 6) is 1.08. The number of benzene rings is 2. The Morgan fingerprint density at radius 2 is 1.72 bits per heavy atom. The van der Waals surface area contributed by atoms with Crippen LogP contribution in [0, 0.1) is 0 Å². The molecule has 3 rings (SSSR count). The molecule has 1 amide bonds. The third kappa shape index (κ3) is 6.04. The van der Waals surface area contributed by atoms with Crippen molar-refractivity contribution in [3.05, 3.63) is 59.7 Å². The lowest BCUT2D eigenvalue weighted by atomic mass is 10.2. The molecule has 7 heteroatoms. The number of hydrazone groups is 1. The normalized spacial score (nSPS) is 15.4. The lowest BCUT2D eigenvalue weighted by Crippen LogP contribution is -2.48. The van der Waals surface area contributed by atoms with Crippen LogP contribution in [0.25, 0.3) is 0 Å². The zero-order valence-electron chi connectivity index (χ0n) is 17.0. The van der Waals surface area contributed by atoms with Gasteiger partial charge in [0.05, 0.1) is 27.0 Å². The molecule has 1 heterocycles. The number of nitrogens with zero attached hydrogens (tertiary/aromatic N) is 3. The number of piperazine rings is 1. The summed E-state index contributed by atoms with van der Waals surface area (Å²) in [7, 11) is 3.16. The van der Waals surface area contributed by atoms with Crippen LogP contribution in [-0.4, -0.2) is 68.9 Å². The minimum atomic E-state index is -0.125. The van der Waals surface area contributed by atoms with Gasteiger partial charge < -0.3 is 9.47 Å². The molecule has 0 spiro atoms. The largest absolute Gasteiger partial charge is 0.493 e. The fourth-order valence-corrected chi connectivity index (χ4v) is 3.37. The average Bonchev–Trinajstić information content (AvgIpc) is 2.75. The number of carbonyl (C=O) groups excluding carboxylic acids is 1. The molecule has 1 saturated heterocycles. The molecule has 0 aliphatic carbocycles. The molecule has 1 fully saturated rings. The lowest BCUT2D eigenvalue weighted by Gasteiger charge is -2.34. The molecule has 1 aliphatic rings. The van der Waals surface area contributed by atoms with E-state index in [1.54, 1.807) is 20.4 Å². The maximum Gasteiger partial charge on any atom is 0.254 e. The Hall–Kier alpha value is -2.90. The van der Waals surface area contributed by atoms with Crippen LogP contribution in [0.15, 0.2) is 53.6 Å². The molecule has 2 aromatic rings. The van der Waals surface area contributed by atoms with E-state index in [0.717, 1.165) is 38.3 Å². The van der Waals surface area contributed by atoms with Crippen molar-refractivity contribution in [2.45, 2.75) is 6.54 Å². The van der Waals surface area contributed by atoms with Crippen molar-refractivity contribution in [1.29, 1.82) is 0 Å². The van der Waals surface area contributed by atoms with Crippen molar-refractivity contribution in [2.75, 3.05) is 46.9 Å². The highest BCUT2D eigenvalue weighted by Gasteiger charge is 2.18. The summed E-state index contributed by atoms with van der Waals surface area (Å²) in [6, 6.07) is 16.0. The minimum Gasteiger partial charge on any atom is -0.493 e. The van der Waals surface area contributed by atoms with E-state index in [2.05, 4.69) is 44.6 Å². The number of hydrogen-bond acceptors (Lipinski definition) is 6. The fourth-order valence-electron chi connectivity index (χ4n) is 3.37. The summed E-state index contributed by atoms with van der Waals surface area (Å²) in [6.45, 7) is 4.93. The SMILES string of the molecule is COc1cccc(/C=N\NC(=O)CN2CCN(Cc3ccccc3)CC2)c1OC. The van der Waals surface area contributed by atoms with Crippen LogP contribution in [0.3, 0.4) is 0 Å². The Balaban J connectivity index is 1.43. The molecule has 0 radical (unpaired) electrons. The zero-order chi connectivity index (χ0) is 20.5. The van der Waals surface area contributed by atoms with E-state index >= 15 is 0 Å². The molecular formula is C22H28N4O3. The van der Waals surface area contributed by atoms with Gasteiger partial charge in [0.25, 0.3) is 5.91 Å². The Morgan fingerprint density at radius 1 is 1.00 bits per heavy atom. The van der Waals surface area contributed by atoms with Gasteiger partial charge in [-0.1, -0.05) is 36.4 Å². The van der Waals surface area contributed by atoms with E-state index in [-0.39, 0.29) is 5.91 Å². The van der Waals surface area contributed by atoms with Crippen molar-refractivity contribution in [3.63, 3.8) is 0 Å². The molecule has 1 aliphatic heterocycles. The first kappa shape index (κ1) is 20.8. The van der Waals surface area contributed by atoms with Crippen molar-refractivity contribution in [3.8, 4) is 11.5 Å². The predicted octanol–water partition coefficient (Wildman–Crippen LogP) is 1.97. The van der Waals surface area contributed by atoms with Crippen molar-refractivity contribution >= 4 is 12.1 Å². The van der Waals surface area contributed by atoms with Crippen LogP contribution in [0.4, 0.5) is 0 Å². The van der Waals surface area contributed by atoms with Crippen LogP contribution in [0.5, 0.6) is 11.5 Å². The smallest absolute Gasteiger partial charge is 0.254 e. The summed E-state index contributed by atoms with van der Waals surface area (Å²) >= 11 is 0. The predicted molar refractivity (Wildman–Crippen MR) is 113 cm³/mol. The summed E-state index contributed by atoms with van der Waals surface area (Å²) in [6.07, 6.45) is 1.57. The number of amides is 1. The van der Waals surface area contributed by atoms with Crippen LogP contribution >= 0.6 is 0 Å². The van der Waals surface area contributed by atoms with Gasteiger partial charge >= 0.3 is 0 Å². The van der Waals surface area contributed by atoms with E-state index < -0.39 is 0 Å². The number of ether oxygens (including phenoxy) is 2. The molecular weight excluding hydrogens is 368 g/mol. The summed E-state index contributed by atoms with van der Waals surface area (Å²) in [5.41, 5.74) is 4.66. The molecule has 0 aromatic heterocycles. The molecule has 0 bridgehead atoms. The highest BCUT2D eigenvalue weighted by atomic mass is 16.5. The van der Waals surface area contributed by atoms with Gasteiger partial charge in [-0.25, -0.2) is 5.43 Å². The van der Waals surface area contributed by atoms with E-state index in [9.17, 15) is 4.79 Å². The second-order valence-electron chi connectivity index (χ2n) is 6.91. The Bertz CT molecular complexity index is 818. The van der Waals surface area contributed by atoms with E-state index in [1.807, 2.05) is 24.3 Å². The second kappa shape index (κ2) is 10.6. The standard InChI is InChI=1S/C22H28N4O3/c1-28-20-10-6-9-19(22(20)29-2)15-23-24-21(27)17-26-13-11-25(12-14-26)16-18-7-4-3-5-8-18/h3-10,15H,11-14,16-17H2,1-2H3,(H,24,27)/b23-15-. The first-order valence-electron chi connectivity index (χ1n) is 9.71. The summed E-state index contributed by atoms with van der Waals surface area (Å²) in [4.78, 5) is 16.8. The first-order valence-corrected chi connectivity index (χ1v) is 9.71. The number of para-hydroxylation sites is 1. The van der Waals surface area contributed by atoms with Crippen LogP contribution < -0.4 is 14.9 Å². The van der Waals surface area contributed by atoms with Gasteiger partial charge in [-0.05, 0) is 17.7 Å². The lowest BCUT2D eigenvalue weighted by molar-refractivity contribution is -0.122. The summed E-state index contributed by atoms with van der Waals surface area (Å²) < 4.78 is 10.6. The fraction of sp³-hybridized carbons (Fsp3) is 0.364. The van der Waals surface area contributed by atoms with E-state index in [0.29, 0.717) is 18.0 Å². The van der Waals surface area contributed by atoms with E-state index in [4.69, 9.17) is 9.47 Å². The molecule has 2 aromatic carbocycles. The highest BCUT2D eigenvalue weighted by Crippen LogP contribution is 2.29. The highest BCUT2D eigenvalue weighted by molar-refractivity contribution is 5.86. The second-order valence-corrected chi connectivity index (χ2v) is 6.91. The molecule has 7 nitrogen and oxygen atoms in total. The topological polar surface area (TPSA) is 66.4 Å². The third-order valence-corrected chi connectivity index (χ3v) is 4.91. The van der Waals surface area contributed by atoms with Gasteiger partial charge in [0.1, 0.15) is 0 Å². The third-order valence-electron chi connectivity index (χ3n) is 4.91. The Morgan fingerprint density at radius 3 is 2.41 bits per heavy atom. The van der Waals surface area contributed by atoms with Gasteiger partial charge in [-0.2, -0.15) is 5.10 Å². The van der Waals surface area contributed by atoms with E-state index in [1.165, 1.54) is 5.56 Å². The Kier molecular flexibility index (Phi) is 7.61. The monoisotopic (exact) mass is 396 g/mol. The van der Waals surface area contributed by atoms with Crippen molar-refractivity contribution < 1.29 is 14.3 Å².